The van der Waals surface area contributed by atoms with Crippen molar-refractivity contribution in [3.05, 3.63) is 23.3 Å². The molecule has 0 aromatic rings. The molecule has 1 heterocycles. The van der Waals surface area contributed by atoms with E-state index in [1.807, 2.05) is 0 Å². The van der Waals surface area contributed by atoms with Gasteiger partial charge in [0.05, 0.1) is 6.10 Å². The summed E-state index contributed by atoms with van der Waals surface area (Å²) in [6, 6.07) is 0. The Morgan fingerprint density at radius 1 is 1.18 bits per heavy atom. The Kier molecular flexibility index (Phi) is 5.30. The Morgan fingerprint density at radius 3 is 2.61 bits per heavy atom. The van der Waals surface area contributed by atoms with Gasteiger partial charge in [0.1, 0.15) is 5.60 Å². The Bertz CT molecular complexity index is 962. The van der Waals surface area contributed by atoms with Crippen LogP contribution in [-0.4, -0.2) is 40.6 Å². The number of Topliss-reactive ketones (excluding diaryl/α,β-unsaturated/α-hetero) is 1. The molecule has 33 heavy (non-hydrogen) atoms. The molecule has 6 heteroatoms. The van der Waals surface area contributed by atoms with Gasteiger partial charge in [-0.1, -0.05) is 31.1 Å². The van der Waals surface area contributed by atoms with Crippen molar-refractivity contribution in [3.8, 4) is 0 Å². The second-order valence-electron chi connectivity index (χ2n) is 11.6. The number of esters is 1. The molecule has 6 nitrogen and oxygen atoms in total. The van der Waals surface area contributed by atoms with Gasteiger partial charge in [0.15, 0.2) is 11.6 Å². The first-order valence-electron chi connectivity index (χ1n) is 12.5. The van der Waals surface area contributed by atoms with Gasteiger partial charge in [-0.15, -0.1) is 0 Å². The molecule has 0 radical (unpaired) electrons. The maximum atomic E-state index is 13.6. The van der Waals surface area contributed by atoms with E-state index in [4.69, 9.17) is 9.47 Å². The highest BCUT2D eigenvalue weighted by Gasteiger charge is 2.67. The standard InChI is InChI=1S/C27H36O6/c1-15(2)32-24(31)23(30)18-14-16-13-17(28)5-9-25(16,3)19-6-10-26(4)20(22(18)19)7-11-27(26)12-8-21(29)33-27/h6,13,15,18,20,22,24,31H,5,7-12,14H2,1-4H3/t18-,20+,22-,24?,25+,26+,27-/m1/s1. The second-order valence-corrected chi connectivity index (χ2v) is 11.6. The van der Waals surface area contributed by atoms with E-state index in [0.29, 0.717) is 19.3 Å². The first-order chi connectivity index (χ1) is 15.5. The first kappa shape index (κ1) is 23.0. The molecule has 7 atom stereocenters. The highest BCUT2D eigenvalue weighted by atomic mass is 16.6. The van der Waals surface area contributed by atoms with Gasteiger partial charge in [-0.25, -0.2) is 0 Å². The molecule has 2 saturated carbocycles. The monoisotopic (exact) mass is 456 g/mol. The minimum absolute atomic E-state index is 0.0457. The predicted octanol–water partition coefficient (Wildman–Crippen LogP) is 4.05. The highest BCUT2D eigenvalue weighted by Crippen LogP contribution is 2.69. The topological polar surface area (TPSA) is 89.9 Å². The first-order valence-corrected chi connectivity index (χ1v) is 12.5. The summed E-state index contributed by atoms with van der Waals surface area (Å²) in [5, 5.41) is 10.6. The summed E-state index contributed by atoms with van der Waals surface area (Å²) in [5.41, 5.74) is 1.32. The van der Waals surface area contributed by atoms with Crippen LogP contribution in [0.25, 0.3) is 0 Å². The Hall–Kier alpha value is -1.79. The van der Waals surface area contributed by atoms with Crippen molar-refractivity contribution in [3.63, 3.8) is 0 Å². The lowest BCUT2D eigenvalue weighted by Crippen LogP contribution is -2.54. The van der Waals surface area contributed by atoms with Gasteiger partial charge in [0, 0.05) is 29.6 Å². The quantitative estimate of drug-likeness (QED) is 0.390. The molecule has 180 valence electrons. The van der Waals surface area contributed by atoms with E-state index in [1.165, 1.54) is 5.57 Å². The number of hydrogen-bond donors (Lipinski definition) is 1. The number of hydrogen-bond acceptors (Lipinski definition) is 6. The van der Waals surface area contributed by atoms with Crippen LogP contribution >= 0.6 is 0 Å². The van der Waals surface area contributed by atoms with Crippen molar-refractivity contribution in [2.24, 2.45) is 28.6 Å². The van der Waals surface area contributed by atoms with Crippen molar-refractivity contribution in [1.29, 1.82) is 0 Å². The van der Waals surface area contributed by atoms with E-state index in [1.54, 1.807) is 19.9 Å². The number of ketones is 2. The zero-order valence-electron chi connectivity index (χ0n) is 20.2. The fourth-order valence-electron chi connectivity index (χ4n) is 7.93. The molecule has 0 aromatic carbocycles. The van der Waals surface area contributed by atoms with E-state index >= 15 is 0 Å². The number of carbonyl (C=O) groups is 3. The lowest BCUT2D eigenvalue weighted by atomic mass is 9.47. The predicted molar refractivity (Wildman–Crippen MR) is 121 cm³/mol. The molecular formula is C27H36O6. The summed E-state index contributed by atoms with van der Waals surface area (Å²) in [7, 11) is 0. The summed E-state index contributed by atoms with van der Waals surface area (Å²) >= 11 is 0. The summed E-state index contributed by atoms with van der Waals surface area (Å²) in [6.45, 7) is 8.05. The van der Waals surface area contributed by atoms with Gasteiger partial charge >= 0.3 is 5.97 Å². The SMILES string of the molecule is CC(C)OC(O)C(=O)[C@@H]1CC2=CC(=O)CC[C@]2(C)C2=CC[C@@]3(C)[C@@H](CC[C@@]34CCC(=O)O4)[C@@H]21. The third-order valence-corrected chi connectivity index (χ3v) is 9.73. The highest BCUT2D eigenvalue weighted by molar-refractivity contribution is 5.93. The summed E-state index contributed by atoms with van der Waals surface area (Å²) in [6.07, 6.45) is 7.76. The Balaban J connectivity index is 1.59. The van der Waals surface area contributed by atoms with Gasteiger partial charge in [-0.3, -0.25) is 14.4 Å². The van der Waals surface area contributed by atoms with Gasteiger partial charge in [-0.2, -0.15) is 0 Å². The second kappa shape index (κ2) is 7.61. The molecule has 0 amide bonds. The smallest absolute Gasteiger partial charge is 0.306 e. The average Bonchev–Trinajstić information content (AvgIpc) is 3.27. The minimum Gasteiger partial charge on any atom is -0.458 e. The third kappa shape index (κ3) is 3.23. The van der Waals surface area contributed by atoms with Crippen LogP contribution in [0.15, 0.2) is 23.3 Å². The number of aliphatic hydroxyl groups is 1. The van der Waals surface area contributed by atoms with Crippen LogP contribution in [-0.2, 0) is 23.9 Å². The fourth-order valence-corrected chi connectivity index (χ4v) is 7.93. The summed E-state index contributed by atoms with van der Waals surface area (Å²) < 4.78 is 11.5. The maximum absolute atomic E-state index is 13.6. The molecule has 1 spiro atoms. The van der Waals surface area contributed by atoms with Crippen molar-refractivity contribution in [2.45, 2.75) is 97.1 Å². The average molecular weight is 457 g/mol. The van der Waals surface area contributed by atoms with Crippen molar-refractivity contribution in [2.75, 3.05) is 0 Å². The van der Waals surface area contributed by atoms with Crippen LogP contribution in [0, 0.1) is 28.6 Å². The van der Waals surface area contributed by atoms with Crippen LogP contribution < -0.4 is 0 Å². The lowest BCUT2D eigenvalue weighted by Gasteiger charge is -2.57. The Labute approximate surface area is 195 Å². The van der Waals surface area contributed by atoms with Crippen LogP contribution in [0.2, 0.25) is 0 Å². The molecule has 1 N–H and O–H groups in total. The Morgan fingerprint density at radius 2 is 1.94 bits per heavy atom. The van der Waals surface area contributed by atoms with E-state index < -0.39 is 17.8 Å². The van der Waals surface area contributed by atoms with E-state index in [0.717, 1.165) is 37.7 Å². The van der Waals surface area contributed by atoms with E-state index in [9.17, 15) is 19.5 Å². The zero-order valence-corrected chi connectivity index (χ0v) is 20.2. The molecule has 5 aliphatic rings. The van der Waals surface area contributed by atoms with Crippen LogP contribution in [0.4, 0.5) is 0 Å². The molecule has 5 rings (SSSR count). The molecule has 1 unspecified atom stereocenters. The summed E-state index contributed by atoms with van der Waals surface area (Å²) in [5.74, 6) is -0.617. The third-order valence-electron chi connectivity index (χ3n) is 9.73. The molecular weight excluding hydrogens is 420 g/mol. The van der Waals surface area contributed by atoms with Crippen molar-refractivity contribution < 1.29 is 29.0 Å². The summed E-state index contributed by atoms with van der Waals surface area (Å²) in [4.78, 5) is 38.1. The number of carbonyl (C=O) groups excluding carboxylic acids is 3. The number of aliphatic hydroxyl groups excluding tert-OH is 1. The van der Waals surface area contributed by atoms with E-state index in [2.05, 4.69) is 19.9 Å². The van der Waals surface area contributed by atoms with Crippen LogP contribution in [0.3, 0.4) is 0 Å². The number of rotatable bonds is 4. The molecule has 1 saturated heterocycles. The normalized spacial score (nSPS) is 42.9. The molecule has 4 aliphatic carbocycles. The number of fused-ring (bicyclic) bond motifs is 6. The van der Waals surface area contributed by atoms with Gasteiger partial charge < -0.3 is 14.6 Å². The van der Waals surface area contributed by atoms with E-state index in [-0.39, 0.29) is 46.3 Å². The largest absolute Gasteiger partial charge is 0.458 e. The van der Waals surface area contributed by atoms with Crippen molar-refractivity contribution >= 4 is 17.5 Å². The minimum atomic E-state index is -1.48. The van der Waals surface area contributed by atoms with Gasteiger partial charge in [0.25, 0.3) is 0 Å². The van der Waals surface area contributed by atoms with Crippen LogP contribution in [0.1, 0.15) is 79.1 Å². The maximum Gasteiger partial charge on any atom is 0.306 e. The molecule has 0 aromatic heterocycles. The van der Waals surface area contributed by atoms with Gasteiger partial charge in [-0.05, 0) is 70.3 Å². The molecule has 3 fully saturated rings. The zero-order chi connectivity index (χ0) is 23.8. The van der Waals surface area contributed by atoms with Crippen LogP contribution in [0.5, 0.6) is 0 Å². The number of ether oxygens (including phenoxy) is 2. The fraction of sp³-hybridized carbons (Fsp3) is 0.741. The van der Waals surface area contributed by atoms with Crippen molar-refractivity contribution in [1.82, 2.24) is 0 Å². The lowest BCUT2D eigenvalue weighted by molar-refractivity contribution is -0.173. The number of allylic oxidation sites excluding steroid dienone is 4. The molecule has 1 aliphatic heterocycles. The molecule has 0 bridgehead atoms. The van der Waals surface area contributed by atoms with Gasteiger partial charge in [0.2, 0.25) is 6.29 Å².